The van der Waals surface area contributed by atoms with Crippen LogP contribution in [0.1, 0.15) is 0 Å². The number of benzene rings is 6. The molecule has 4 heteroatoms. The summed E-state index contributed by atoms with van der Waals surface area (Å²) in [4.78, 5) is 12.7. The van der Waals surface area contributed by atoms with Crippen LogP contribution in [-0.2, 0) is 0 Å². The van der Waals surface area contributed by atoms with Crippen molar-refractivity contribution in [3.05, 3.63) is 127 Å². The van der Waals surface area contributed by atoms with Crippen LogP contribution >= 0.6 is 0 Å². The van der Waals surface area contributed by atoms with Crippen LogP contribution in [0.4, 0.5) is 17.3 Å². The van der Waals surface area contributed by atoms with Crippen LogP contribution in [0.3, 0.4) is 0 Å². The van der Waals surface area contributed by atoms with Gasteiger partial charge in [0.1, 0.15) is 11.2 Å². The number of hydrogen-bond donors (Lipinski definition) is 0. The summed E-state index contributed by atoms with van der Waals surface area (Å²) < 4.78 is 6.45. The monoisotopic (exact) mass is 511 g/mol. The van der Waals surface area contributed by atoms with Gasteiger partial charge < -0.3 is 4.42 Å². The molecule has 40 heavy (non-hydrogen) atoms. The number of nitrogens with zero attached hydrogens (tertiary/aromatic N) is 3. The molecule has 0 aliphatic carbocycles. The second-order valence-corrected chi connectivity index (χ2v) is 10.2. The maximum Gasteiger partial charge on any atom is 0.235 e. The molecule has 0 saturated carbocycles. The summed E-state index contributed by atoms with van der Waals surface area (Å²) in [6, 6.07) is 44.2. The zero-order valence-electron chi connectivity index (χ0n) is 21.4. The highest BCUT2D eigenvalue weighted by Crippen LogP contribution is 2.50. The van der Waals surface area contributed by atoms with E-state index in [0.29, 0.717) is 5.95 Å². The lowest BCUT2D eigenvalue weighted by atomic mass is 9.91. The number of fused-ring (bicyclic) bond motifs is 6. The lowest BCUT2D eigenvalue weighted by molar-refractivity contribution is 0.670. The van der Waals surface area contributed by atoms with E-state index >= 15 is 0 Å². The topological polar surface area (TPSA) is 42.2 Å². The SMILES string of the molecule is c1ccc2c(c1)-c1cccc3cccc(c13)N2c1nc(-c2cccc3c2oc2ccccc23)c2ccccc2n1. The summed E-state index contributed by atoms with van der Waals surface area (Å²) in [7, 11) is 0. The molecule has 0 saturated heterocycles. The van der Waals surface area contributed by atoms with Crippen molar-refractivity contribution in [3.8, 4) is 22.4 Å². The van der Waals surface area contributed by atoms with E-state index in [-0.39, 0.29) is 0 Å². The molecule has 8 aromatic rings. The molecule has 2 aromatic heterocycles. The van der Waals surface area contributed by atoms with E-state index in [9.17, 15) is 0 Å². The van der Waals surface area contributed by atoms with Gasteiger partial charge in [0.05, 0.1) is 22.6 Å². The van der Waals surface area contributed by atoms with Gasteiger partial charge in [-0.1, -0.05) is 97.1 Å². The minimum absolute atomic E-state index is 0.635. The number of rotatable bonds is 2. The molecule has 0 atom stereocenters. The van der Waals surface area contributed by atoms with Gasteiger partial charge in [-0.3, -0.25) is 4.90 Å². The molecule has 9 rings (SSSR count). The average Bonchev–Trinajstić information content (AvgIpc) is 3.40. The smallest absolute Gasteiger partial charge is 0.235 e. The Morgan fingerprint density at radius 3 is 2.12 bits per heavy atom. The van der Waals surface area contributed by atoms with Crippen molar-refractivity contribution in [2.24, 2.45) is 0 Å². The predicted octanol–water partition coefficient (Wildman–Crippen LogP) is 9.80. The maximum atomic E-state index is 6.45. The lowest BCUT2D eigenvalue weighted by Crippen LogP contribution is -2.18. The fourth-order valence-corrected chi connectivity index (χ4v) is 6.28. The Labute approximate surface area is 229 Å². The zero-order chi connectivity index (χ0) is 26.2. The lowest BCUT2D eigenvalue weighted by Gasteiger charge is -2.32. The summed E-state index contributed by atoms with van der Waals surface area (Å²) in [6.07, 6.45) is 0. The van der Waals surface area contributed by atoms with E-state index in [1.807, 2.05) is 30.3 Å². The second-order valence-electron chi connectivity index (χ2n) is 10.2. The average molecular weight is 512 g/mol. The molecule has 0 unspecified atom stereocenters. The van der Waals surface area contributed by atoms with Gasteiger partial charge >= 0.3 is 0 Å². The normalized spacial score (nSPS) is 12.4. The highest BCUT2D eigenvalue weighted by Gasteiger charge is 2.28. The van der Waals surface area contributed by atoms with E-state index in [4.69, 9.17) is 14.4 Å². The Kier molecular flexibility index (Phi) is 4.30. The summed E-state index contributed by atoms with van der Waals surface area (Å²) in [6.45, 7) is 0. The Morgan fingerprint density at radius 1 is 0.500 bits per heavy atom. The van der Waals surface area contributed by atoms with Gasteiger partial charge in [-0.15, -0.1) is 0 Å². The van der Waals surface area contributed by atoms with Crippen LogP contribution < -0.4 is 4.90 Å². The van der Waals surface area contributed by atoms with E-state index in [1.54, 1.807) is 0 Å². The predicted molar refractivity (Wildman–Crippen MR) is 163 cm³/mol. The Hall–Kier alpha value is -5.48. The molecule has 6 aromatic carbocycles. The van der Waals surface area contributed by atoms with Gasteiger partial charge in [0, 0.05) is 32.7 Å². The van der Waals surface area contributed by atoms with E-state index < -0.39 is 0 Å². The third-order valence-corrected chi connectivity index (χ3v) is 8.01. The van der Waals surface area contributed by atoms with Gasteiger partial charge in [0.15, 0.2) is 0 Å². The van der Waals surface area contributed by atoms with Crippen molar-refractivity contribution in [2.45, 2.75) is 0 Å². The highest BCUT2D eigenvalue weighted by atomic mass is 16.3. The largest absolute Gasteiger partial charge is 0.455 e. The van der Waals surface area contributed by atoms with Crippen molar-refractivity contribution >= 4 is 60.9 Å². The molecule has 4 nitrogen and oxygen atoms in total. The first-order valence-corrected chi connectivity index (χ1v) is 13.4. The summed E-state index contributed by atoms with van der Waals surface area (Å²) in [5.41, 5.74) is 8.96. The molecule has 0 amide bonds. The van der Waals surface area contributed by atoms with Gasteiger partial charge in [0.2, 0.25) is 5.95 Å². The van der Waals surface area contributed by atoms with Gasteiger partial charge in [0.25, 0.3) is 0 Å². The standard InChI is InChI=1S/C36H21N3O/c1-4-18-29-27(14-1)34(28-17-9-16-26-24-13-3-6-21-32(24)40-35(26)28)38-36(37-29)39-30-19-5-2-12-23(30)25-15-7-10-22-11-8-20-31(39)33(22)25/h1-21H. The molecule has 0 radical (unpaired) electrons. The summed E-state index contributed by atoms with van der Waals surface area (Å²) in [5, 5.41) is 5.58. The number of hydrogen-bond acceptors (Lipinski definition) is 4. The molecular weight excluding hydrogens is 490 g/mol. The van der Waals surface area contributed by atoms with Crippen molar-refractivity contribution in [3.63, 3.8) is 0 Å². The first-order chi connectivity index (χ1) is 19.8. The quantitative estimate of drug-likeness (QED) is 0.232. The minimum atomic E-state index is 0.635. The third kappa shape index (κ3) is 2.90. The second kappa shape index (κ2) is 8.01. The fraction of sp³-hybridized carbons (Fsp3) is 0. The fourth-order valence-electron chi connectivity index (χ4n) is 6.28. The van der Waals surface area contributed by atoms with Crippen LogP contribution in [0.25, 0.3) is 66.0 Å². The first kappa shape index (κ1) is 21.5. The number of para-hydroxylation sites is 4. The maximum absolute atomic E-state index is 6.45. The molecule has 0 N–H and O–H groups in total. The van der Waals surface area contributed by atoms with E-state index in [1.165, 1.54) is 21.9 Å². The van der Waals surface area contributed by atoms with Crippen LogP contribution in [0, 0.1) is 0 Å². The Bertz CT molecular complexity index is 2290. The molecule has 186 valence electrons. The van der Waals surface area contributed by atoms with Crippen LogP contribution in [0.15, 0.2) is 132 Å². The van der Waals surface area contributed by atoms with Crippen molar-refractivity contribution in [1.82, 2.24) is 9.97 Å². The third-order valence-electron chi connectivity index (χ3n) is 8.01. The molecule has 1 aliphatic heterocycles. The molecule has 3 heterocycles. The molecular formula is C36H21N3O. The van der Waals surface area contributed by atoms with Gasteiger partial charge in [-0.05, 0) is 41.3 Å². The van der Waals surface area contributed by atoms with E-state index in [2.05, 4.69) is 102 Å². The highest BCUT2D eigenvalue weighted by molar-refractivity contribution is 6.14. The molecule has 0 spiro atoms. The number of furan rings is 1. The van der Waals surface area contributed by atoms with Crippen LogP contribution in [-0.4, -0.2) is 9.97 Å². The zero-order valence-corrected chi connectivity index (χ0v) is 21.4. The van der Waals surface area contributed by atoms with E-state index in [0.717, 1.165) is 55.5 Å². The Balaban J connectivity index is 1.38. The summed E-state index contributed by atoms with van der Waals surface area (Å²) in [5.74, 6) is 0.635. The summed E-state index contributed by atoms with van der Waals surface area (Å²) >= 11 is 0. The number of anilines is 3. The molecule has 1 aliphatic rings. The van der Waals surface area contributed by atoms with Crippen molar-refractivity contribution < 1.29 is 4.42 Å². The molecule has 0 bridgehead atoms. The van der Waals surface area contributed by atoms with Crippen LogP contribution in [0.2, 0.25) is 0 Å². The van der Waals surface area contributed by atoms with Crippen molar-refractivity contribution in [1.29, 1.82) is 0 Å². The molecule has 0 fully saturated rings. The van der Waals surface area contributed by atoms with Crippen molar-refractivity contribution in [2.75, 3.05) is 4.90 Å². The number of aromatic nitrogens is 2. The first-order valence-electron chi connectivity index (χ1n) is 13.4. The Morgan fingerprint density at radius 2 is 1.18 bits per heavy atom. The minimum Gasteiger partial charge on any atom is -0.455 e. The van der Waals surface area contributed by atoms with Crippen LogP contribution in [0.5, 0.6) is 0 Å². The van der Waals surface area contributed by atoms with Gasteiger partial charge in [-0.2, -0.15) is 0 Å². The van der Waals surface area contributed by atoms with Gasteiger partial charge in [-0.25, -0.2) is 9.97 Å².